The largest absolute Gasteiger partial charge is 0.358 e. The third-order valence-corrected chi connectivity index (χ3v) is 7.54. The van der Waals surface area contributed by atoms with E-state index in [-0.39, 0.29) is 11.4 Å². The number of amides is 1. The fourth-order valence-electron chi connectivity index (χ4n) is 3.78. The lowest BCUT2D eigenvalue weighted by atomic mass is 9.96. The first-order valence-electron chi connectivity index (χ1n) is 9.50. The van der Waals surface area contributed by atoms with Gasteiger partial charge in [-0.3, -0.25) is 4.79 Å². The highest BCUT2D eigenvalue weighted by Crippen LogP contribution is 2.31. The summed E-state index contributed by atoms with van der Waals surface area (Å²) in [6.07, 6.45) is 4.24. The number of likely N-dealkylation sites (N-methyl/N-ethyl adjacent to an activating group) is 1. The van der Waals surface area contributed by atoms with Crippen LogP contribution in [-0.2, 0) is 27.7 Å². The van der Waals surface area contributed by atoms with Crippen molar-refractivity contribution in [1.82, 2.24) is 9.29 Å². The van der Waals surface area contributed by atoms with Crippen LogP contribution in [0.25, 0.3) is 10.9 Å². The lowest BCUT2D eigenvalue weighted by Crippen LogP contribution is -2.34. The number of halogens is 1. The minimum atomic E-state index is -3.78. The SMILES string of the molecule is CN(CC(=O)Nc1cccc(Br)c1)S(=O)(=O)c1ccc2[nH]c3c(c2c1)CCCC3. The molecule has 29 heavy (non-hydrogen) atoms. The van der Waals surface area contributed by atoms with Crippen molar-refractivity contribution in [1.29, 1.82) is 0 Å². The molecule has 0 saturated carbocycles. The van der Waals surface area contributed by atoms with E-state index in [1.54, 1.807) is 30.3 Å². The zero-order chi connectivity index (χ0) is 20.6. The van der Waals surface area contributed by atoms with Crippen molar-refractivity contribution in [2.24, 2.45) is 0 Å². The highest BCUT2D eigenvalue weighted by Gasteiger charge is 2.25. The first-order valence-corrected chi connectivity index (χ1v) is 11.7. The predicted molar refractivity (Wildman–Crippen MR) is 118 cm³/mol. The first-order chi connectivity index (χ1) is 13.8. The van der Waals surface area contributed by atoms with E-state index in [2.05, 4.69) is 26.2 Å². The van der Waals surface area contributed by atoms with E-state index >= 15 is 0 Å². The molecule has 8 heteroatoms. The van der Waals surface area contributed by atoms with Gasteiger partial charge < -0.3 is 10.3 Å². The van der Waals surface area contributed by atoms with Gasteiger partial charge in [-0.1, -0.05) is 22.0 Å². The number of nitrogens with zero attached hydrogens (tertiary/aromatic N) is 1. The average Bonchev–Trinajstić information content (AvgIpc) is 3.05. The zero-order valence-electron chi connectivity index (χ0n) is 16.0. The van der Waals surface area contributed by atoms with Crippen LogP contribution in [0, 0.1) is 0 Å². The van der Waals surface area contributed by atoms with E-state index < -0.39 is 15.9 Å². The molecule has 1 amide bonds. The molecule has 2 N–H and O–H groups in total. The number of nitrogens with one attached hydrogen (secondary N) is 2. The Kier molecular flexibility index (Phi) is 5.50. The topological polar surface area (TPSA) is 82.3 Å². The monoisotopic (exact) mass is 475 g/mol. The Hall–Kier alpha value is -2.16. The van der Waals surface area contributed by atoms with Gasteiger partial charge in [0.1, 0.15) is 0 Å². The maximum absolute atomic E-state index is 13.0. The number of benzene rings is 2. The summed E-state index contributed by atoms with van der Waals surface area (Å²) < 4.78 is 28.0. The van der Waals surface area contributed by atoms with E-state index in [1.165, 1.54) is 18.3 Å². The molecule has 1 aromatic heterocycles. The second-order valence-corrected chi connectivity index (χ2v) is 10.3. The Bertz CT molecular complexity index is 1190. The molecule has 0 aliphatic heterocycles. The number of hydrogen-bond acceptors (Lipinski definition) is 3. The van der Waals surface area contributed by atoms with Gasteiger partial charge in [0.25, 0.3) is 0 Å². The average molecular weight is 476 g/mol. The maximum Gasteiger partial charge on any atom is 0.243 e. The Morgan fingerprint density at radius 1 is 1.17 bits per heavy atom. The van der Waals surface area contributed by atoms with Gasteiger partial charge in [0.05, 0.1) is 11.4 Å². The molecule has 152 valence electrons. The van der Waals surface area contributed by atoms with Crippen molar-refractivity contribution >= 4 is 48.5 Å². The molecule has 0 bridgehead atoms. The second-order valence-electron chi connectivity index (χ2n) is 7.32. The van der Waals surface area contributed by atoms with Crippen LogP contribution in [0.4, 0.5) is 5.69 Å². The molecule has 0 fully saturated rings. The van der Waals surface area contributed by atoms with Crippen molar-refractivity contribution in [2.45, 2.75) is 30.6 Å². The van der Waals surface area contributed by atoms with E-state index in [1.807, 2.05) is 12.1 Å². The minimum Gasteiger partial charge on any atom is -0.358 e. The van der Waals surface area contributed by atoms with Crippen LogP contribution >= 0.6 is 15.9 Å². The fraction of sp³-hybridized carbons (Fsp3) is 0.286. The molecule has 6 nitrogen and oxygen atoms in total. The van der Waals surface area contributed by atoms with Crippen LogP contribution in [0.3, 0.4) is 0 Å². The van der Waals surface area contributed by atoms with Crippen molar-refractivity contribution in [3.8, 4) is 0 Å². The Morgan fingerprint density at radius 3 is 2.76 bits per heavy atom. The molecule has 0 spiro atoms. The van der Waals surface area contributed by atoms with Crippen molar-refractivity contribution in [3.63, 3.8) is 0 Å². The second kappa shape index (κ2) is 7.93. The van der Waals surface area contributed by atoms with Gasteiger partial charge in [-0.2, -0.15) is 4.31 Å². The maximum atomic E-state index is 13.0. The molecular weight excluding hydrogens is 454 g/mol. The Labute approximate surface area is 178 Å². The third kappa shape index (κ3) is 4.10. The molecule has 0 radical (unpaired) electrons. The number of H-pyrrole nitrogens is 1. The van der Waals surface area contributed by atoms with Crippen LogP contribution in [0.15, 0.2) is 51.8 Å². The van der Waals surface area contributed by atoms with Crippen LogP contribution in [0.1, 0.15) is 24.1 Å². The summed E-state index contributed by atoms with van der Waals surface area (Å²) in [6.45, 7) is -0.266. The summed E-state index contributed by atoms with van der Waals surface area (Å²) in [5.74, 6) is -0.394. The molecular formula is C21H22BrN3O3S. The van der Waals surface area contributed by atoms with Crippen LogP contribution in [0.5, 0.6) is 0 Å². The molecule has 4 rings (SSSR count). The van der Waals surface area contributed by atoms with E-state index in [4.69, 9.17) is 0 Å². The van der Waals surface area contributed by atoms with Gasteiger partial charge in [-0.25, -0.2) is 8.42 Å². The summed E-state index contributed by atoms with van der Waals surface area (Å²) >= 11 is 3.35. The van der Waals surface area contributed by atoms with Crippen LogP contribution < -0.4 is 5.32 Å². The molecule has 1 heterocycles. The Balaban J connectivity index is 1.54. The number of anilines is 1. The molecule has 1 aliphatic rings. The minimum absolute atomic E-state index is 0.204. The molecule has 0 saturated heterocycles. The van der Waals surface area contributed by atoms with Crippen LogP contribution in [0.2, 0.25) is 0 Å². The molecule has 1 aliphatic carbocycles. The fourth-order valence-corrected chi connectivity index (χ4v) is 5.33. The molecule has 2 aromatic carbocycles. The number of aryl methyl sites for hydroxylation is 2. The van der Waals surface area contributed by atoms with Crippen molar-refractivity contribution < 1.29 is 13.2 Å². The van der Waals surface area contributed by atoms with Gasteiger partial charge in [0.15, 0.2) is 0 Å². The smallest absolute Gasteiger partial charge is 0.243 e. The number of hydrogen-bond donors (Lipinski definition) is 2. The number of rotatable bonds is 5. The quantitative estimate of drug-likeness (QED) is 0.583. The van der Waals surface area contributed by atoms with E-state index in [0.717, 1.165) is 45.4 Å². The molecule has 0 atom stereocenters. The number of aromatic nitrogens is 1. The number of fused-ring (bicyclic) bond motifs is 3. The molecule has 0 unspecified atom stereocenters. The van der Waals surface area contributed by atoms with Crippen LogP contribution in [-0.4, -0.2) is 37.2 Å². The van der Waals surface area contributed by atoms with Gasteiger partial charge in [-0.15, -0.1) is 0 Å². The van der Waals surface area contributed by atoms with E-state index in [0.29, 0.717) is 5.69 Å². The summed E-state index contributed by atoms with van der Waals surface area (Å²) in [7, 11) is -2.36. The van der Waals surface area contributed by atoms with Crippen molar-refractivity contribution in [3.05, 3.63) is 58.2 Å². The normalized spacial score (nSPS) is 14.2. The first kappa shape index (κ1) is 20.1. The standard InChI is InChI=1S/C21H22BrN3O3S/c1-25(13-21(26)23-15-6-4-5-14(22)11-15)29(27,28)16-9-10-20-18(12-16)17-7-2-3-8-19(17)24-20/h4-6,9-12,24H,2-3,7-8,13H2,1H3,(H,23,26). The van der Waals surface area contributed by atoms with E-state index in [9.17, 15) is 13.2 Å². The predicted octanol–water partition coefficient (Wildman–Crippen LogP) is 4.07. The molecule has 3 aromatic rings. The lowest BCUT2D eigenvalue weighted by molar-refractivity contribution is -0.116. The highest BCUT2D eigenvalue weighted by molar-refractivity contribution is 9.10. The third-order valence-electron chi connectivity index (χ3n) is 5.25. The van der Waals surface area contributed by atoms with Crippen molar-refractivity contribution in [2.75, 3.05) is 18.9 Å². The number of aromatic amines is 1. The van der Waals surface area contributed by atoms with Gasteiger partial charge in [0.2, 0.25) is 15.9 Å². The van der Waals surface area contributed by atoms with Gasteiger partial charge in [0, 0.05) is 33.8 Å². The highest BCUT2D eigenvalue weighted by atomic mass is 79.9. The number of carbonyl (C=O) groups excluding carboxylic acids is 1. The summed E-state index contributed by atoms with van der Waals surface area (Å²) in [5, 5.41) is 3.69. The summed E-state index contributed by atoms with van der Waals surface area (Å²) in [5.41, 5.74) is 4.00. The summed E-state index contributed by atoms with van der Waals surface area (Å²) in [6, 6.07) is 12.3. The summed E-state index contributed by atoms with van der Waals surface area (Å²) in [4.78, 5) is 16.0. The van der Waals surface area contributed by atoms with Gasteiger partial charge >= 0.3 is 0 Å². The lowest BCUT2D eigenvalue weighted by Gasteiger charge is -2.17. The Morgan fingerprint density at radius 2 is 1.97 bits per heavy atom. The number of carbonyl (C=O) groups is 1. The van der Waals surface area contributed by atoms with Gasteiger partial charge in [-0.05, 0) is 67.6 Å². The zero-order valence-corrected chi connectivity index (χ0v) is 18.4. The number of sulfonamides is 1.